The molecule has 0 spiro atoms. The van der Waals surface area contributed by atoms with Crippen LogP contribution in [0, 0.1) is 5.92 Å². The van der Waals surface area contributed by atoms with Crippen molar-refractivity contribution in [3.63, 3.8) is 0 Å². The Kier molecular flexibility index (Phi) is 8.34. The average Bonchev–Trinajstić information content (AvgIpc) is 3.25. The zero-order valence-electron chi connectivity index (χ0n) is 17.3. The van der Waals surface area contributed by atoms with Crippen LogP contribution in [0.3, 0.4) is 0 Å². The number of hydrogen-bond donors (Lipinski definition) is 2. The molecule has 0 aliphatic rings. The maximum absolute atomic E-state index is 12.4. The van der Waals surface area contributed by atoms with Crippen molar-refractivity contribution >= 4 is 29.3 Å². The molecule has 1 heterocycles. The van der Waals surface area contributed by atoms with E-state index < -0.39 is 30.3 Å². The van der Waals surface area contributed by atoms with Crippen molar-refractivity contribution in [2.75, 3.05) is 11.9 Å². The van der Waals surface area contributed by atoms with Gasteiger partial charge < -0.3 is 19.8 Å². The number of amides is 2. The summed E-state index contributed by atoms with van der Waals surface area (Å²) in [5, 5.41) is 5.29. The highest BCUT2D eigenvalue weighted by molar-refractivity contribution is 5.99. The van der Waals surface area contributed by atoms with Gasteiger partial charge in [0.2, 0.25) is 5.91 Å². The Morgan fingerprint density at radius 1 is 1.07 bits per heavy atom. The molecule has 2 rings (SSSR count). The van der Waals surface area contributed by atoms with Crippen molar-refractivity contribution in [2.45, 2.75) is 39.7 Å². The second-order valence-electron chi connectivity index (χ2n) is 7.08. The second-order valence-corrected chi connectivity index (χ2v) is 7.08. The summed E-state index contributed by atoms with van der Waals surface area (Å²) in [6, 6.07) is 8.46. The molecule has 0 saturated heterocycles. The van der Waals surface area contributed by atoms with Crippen molar-refractivity contribution in [2.24, 2.45) is 5.92 Å². The molecule has 0 saturated carbocycles. The topological polar surface area (TPSA) is 115 Å². The molecule has 2 N–H and O–H groups in total. The Labute approximate surface area is 175 Å². The van der Waals surface area contributed by atoms with Crippen LogP contribution in [0.1, 0.15) is 54.5 Å². The number of rotatable bonds is 10. The van der Waals surface area contributed by atoms with Gasteiger partial charge in [-0.15, -0.1) is 0 Å². The summed E-state index contributed by atoms with van der Waals surface area (Å²) in [6.45, 7) is 4.96. The lowest BCUT2D eigenvalue weighted by Gasteiger charge is -2.20. The zero-order chi connectivity index (χ0) is 22.1. The van der Waals surface area contributed by atoms with Gasteiger partial charge in [0.25, 0.3) is 5.91 Å². The van der Waals surface area contributed by atoms with Gasteiger partial charge in [-0.25, -0.2) is 4.79 Å². The number of benzene rings is 1. The van der Waals surface area contributed by atoms with Gasteiger partial charge in [0.1, 0.15) is 6.04 Å². The number of Topliss-reactive ketones (excluding diaryl/α,β-unsaturated/α-hetero) is 1. The van der Waals surface area contributed by atoms with Crippen LogP contribution in [0.2, 0.25) is 0 Å². The van der Waals surface area contributed by atoms with Crippen LogP contribution in [0.15, 0.2) is 47.1 Å². The molecule has 0 fully saturated rings. The van der Waals surface area contributed by atoms with Gasteiger partial charge in [0, 0.05) is 17.7 Å². The summed E-state index contributed by atoms with van der Waals surface area (Å²) < 4.78 is 10.1. The first-order valence-corrected chi connectivity index (χ1v) is 9.76. The third-order valence-corrected chi connectivity index (χ3v) is 4.27. The van der Waals surface area contributed by atoms with E-state index in [1.54, 1.807) is 44.2 Å². The Morgan fingerprint density at radius 3 is 2.33 bits per heavy atom. The first kappa shape index (κ1) is 22.9. The van der Waals surface area contributed by atoms with E-state index in [1.165, 1.54) is 12.3 Å². The molecule has 2 amide bonds. The monoisotopic (exact) mass is 414 g/mol. The number of ketones is 1. The number of anilines is 1. The van der Waals surface area contributed by atoms with Crippen LogP contribution < -0.4 is 10.6 Å². The molecule has 0 aliphatic carbocycles. The summed E-state index contributed by atoms with van der Waals surface area (Å²) >= 11 is 0. The number of ether oxygens (including phenoxy) is 1. The van der Waals surface area contributed by atoms with E-state index in [2.05, 4.69) is 10.6 Å². The van der Waals surface area contributed by atoms with Crippen molar-refractivity contribution in [3.8, 4) is 0 Å². The van der Waals surface area contributed by atoms with Crippen molar-refractivity contribution in [3.05, 3.63) is 54.0 Å². The molecule has 30 heavy (non-hydrogen) atoms. The van der Waals surface area contributed by atoms with Gasteiger partial charge in [0.15, 0.2) is 18.2 Å². The summed E-state index contributed by atoms with van der Waals surface area (Å²) in [4.78, 5) is 48.4. The standard InChI is InChI=1S/C22H26N2O6/c1-4-6-19(26)23-16-10-8-15(9-11-16)17(25)13-30-22(28)20(14(2)3)24-21(27)18-7-5-12-29-18/h5,7-12,14,20H,4,6,13H2,1-3H3,(H,23,26)(H,24,27)/t20-/m0/s1. The first-order chi connectivity index (χ1) is 14.3. The van der Waals surface area contributed by atoms with E-state index in [0.29, 0.717) is 17.7 Å². The largest absolute Gasteiger partial charge is 0.459 e. The van der Waals surface area contributed by atoms with Gasteiger partial charge in [-0.2, -0.15) is 0 Å². The highest BCUT2D eigenvalue weighted by Gasteiger charge is 2.27. The molecular weight excluding hydrogens is 388 g/mol. The van der Waals surface area contributed by atoms with E-state index in [4.69, 9.17) is 9.15 Å². The lowest BCUT2D eigenvalue weighted by Crippen LogP contribution is -2.45. The maximum atomic E-state index is 12.4. The van der Waals surface area contributed by atoms with Crippen molar-refractivity contribution < 1.29 is 28.3 Å². The van der Waals surface area contributed by atoms with Crippen LogP contribution in [-0.4, -0.2) is 36.2 Å². The highest BCUT2D eigenvalue weighted by atomic mass is 16.5. The maximum Gasteiger partial charge on any atom is 0.329 e. The van der Waals surface area contributed by atoms with Crippen LogP contribution in [0.5, 0.6) is 0 Å². The van der Waals surface area contributed by atoms with E-state index in [-0.39, 0.29) is 17.6 Å². The van der Waals surface area contributed by atoms with Crippen molar-refractivity contribution in [1.82, 2.24) is 5.32 Å². The van der Waals surface area contributed by atoms with Crippen molar-refractivity contribution in [1.29, 1.82) is 0 Å². The predicted octanol–water partition coefficient (Wildman–Crippen LogP) is 3.20. The lowest BCUT2D eigenvalue weighted by molar-refractivity contribution is -0.146. The number of carbonyl (C=O) groups is 4. The van der Waals surface area contributed by atoms with Gasteiger partial charge in [-0.1, -0.05) is 20.8 Å². The van der Waals surface area contributed by atoms with E-state index >= 15 is 0 Å². The summed E-state index contributed by atoms with van der Waals surface area (Å²) in [7, 11) is 0. The van der Waals surface area contributed by atoms with E-state index in [0.717, 1.165) is 6.42 Å². The molecular formula is C22H26N2O6. The Balaban J connectivity index is 1.90. The fraction of sp³-hybridized carbons (Fsp3) is 0.364. The number of carbonyl (C=O) groups excluding carboxylic acids is 4. The van der Waals surface area contributed by atoms with Gasteiger partial charge >= 0.3 is 5.97 Å². The molecule has 1 aromatic carbocycles. The SMILES string of the molecule is CCCC(=O)Nc1ccc(C(=O)COC(=O)[C@@H](NC(=O)c2ccco2)C(C)C)cc1. The number of esters is 1. The quantitative estimate of drug-likeness (QED) is 0.456. The lowest BCUT2D eigenvalue weighted by atomic mass is 10.0. The van der Waals surface area contributed by atoms with Crippen LogP contribution in [0.4, 0.5) is 5.69 Å². The average molecular weight is 414 g/mol. The summed E-state index contributed by atoms with van der Waals surface area (Å²) in [5.74, 6) is -1.91. The van der Waals surface area contributed by atoms with E-state index in [9.17, 15) is 19.2 Å². The molecule has 160 valence electrons. The normalized spacial score (nSPS) is 11.6. The van der Waals surface area contributed by atoms with Crippen LogP contribution in [-0.2, 0) is 14.3 Å². The van der Waals surface area contributed by atoms with Gasteiger partial charge in [0.05, 0.1) is 6.26 Å². The zero-order valence-corrected chi connectivity index (χ0v) is 17.3. The highest BCUT2D eigenvalue weighted by Crippen LogP contribution is 2.12. The third kappa shape index (κ3) is 6.58. The number of hydrogen-bond acceptors (Lipinski definition) is 6. The molecule has 0 unspecified atom stereocenters. The Hall–Kier alpha value is -3.42. The molecule has 8 nitrogen and oxygen atoms in total. The molecule has 0 radical (unpaired) electrons. The molecule has 0 bridgehead atoms. The number of nitrogens with one attached hydrogen (secondary N) is 2. The minimum absolute atomic E-state index is 0.0793. The van der Waals surface area contributed by atoms with Gasteiger partial charge in [-0.3, -0.25) is 14.4 Å². The predicted molar refractivity (Wildman–Crippen MR) is 110 cm³/mol. The fourth-order valence-corrected chi connectivity index (χ4v) is 2.62. The minimum Gasteiger partial charge on any atom is -0.459 e. The molecule has 1 aromatic heterocycles. The smallest absolute Gasteiger partial charge is 0.329 e. The number of furan rings is 1. The van der Waals surface area contributed by atoms with Crippen LogP contribution >= 0.6 is 0 Å². The van der Waals surface area contributed by atoms with Crippen LogP contribution in [0.25, 0.3) is 0 Å². The molecule has 1 atom stereocenters. The molecule has 2 aromatic rings. The van der Waals surface area contributed by atoms with E-state index in [1.807, 2.05) is 6.92 Å². The Morgan fingerprint density at radius 2 is 1.77 bits per heavy atom. The second kappa shape index (κ2) is 10.9. The van der Waals surface area contributed by atoms with Gasteiger partial charge in [-0.05, 0) is 48.7 Å². The molecule has 0 aliphatic heterocycles. The summed E-state index contributed by atoms with van der Waals surface area (Å²) in [5.41, 5.74) is 0.930. The first-order valence-electron chi connectivity index (χ1n) is 9.76. The minimum atomic E-state index is -0.924. The summed E-state index contributed by atoms with van der Waals surface area (Å²) in [6.07, 6.45) is 2.52. The molecule has 8 heteroatoms. The fourth-order valence-electron chi connectivity index (χ4n) is 2.62. The third-order valence-electron chi connectivity index (χ3n) is 4.27. The Bertz CT molecular complexity index is 872.